The molecule has 272 valence electrons. The standard InChI is InChI=1S/C37H47N7O6S/c1-24(2)34(45)39-33(27-16-10-5-11-17-27)37(48)43-22-28(44-23-31(40-42-44)26-14-8-4-9-15-26)21-32(43)36(47)38-30(20-25-12-6-3-7-13-25)35(46)41-51(49,50)29-18-19-29/h3-4,6-9,12-15,23-24,27-30,32-33H,5,10-11,16-22H2,1-2H3,(H,38,47)(H,39,45)(H,41,46)/t28-,30+,32-,33-/m0/s1. The van der Waals surface area contributed by atoms with Crippen LogP contribution in [0.25, 0.3) is 11.3 Å². The lowest BCUT2D eigenvalue weighted by molar-refractivity contribution is -0.144. The second kappa shape index (κ2) is 15.7. The summed E-state index contributed by atoms with van der Waals surface area (Å²) >= 11 is 0. The van der Waals surface area contributed by atoms with E-state index in [0.29, 0.717) is 18.5 Å². The maximum Gasteiger partial charge on any atom is 0.256 e. The van der Waals surface area contributed by atoms with Crippen molar-refractivity contribution in [3.63, 3.8) is 0 Å². The van der Waals surface area contributed by atoms with Crippen LogP contribution in [0.1, 0.15) is 76.8 Å². The second-order valence-corrected chi connectivity index (χ2v) is 16.3. The van der Waals surface area contributed by atoms with Gasteiger partial charge in [0, 0.05) is 30.9 Å². The van der Waals surface area contributed by atoms with Gasteiger partial charge in [0.05, 0.1) is 17.5 Å². The molecule has 3 aromatic rings. The number of likely N-dealkylation sites (tertiary alicyclic amines) is 1. The van der Waals surface area contributed by atoms with Crippen molar-refractivity contribution < 1.29 is 27.6 Å². The van der Waals surface area contributed by atoms with Crippen molar-refractivity contribution in [2.45, 2.75) is 101 Å². The molecule has 51 heavy (non-hydrogen) atoms. The molecule has 0 spiro atoms. The molecule has 6 rings (SSSR count). The van der Waals surface area contributed by atoms with Crippen molar-refractivity contribution in [2.24, 2.45) is 11.8 Å². The minimum atomic E-state index is -3.88. The van der Waals surface area contributed by atoms with E-state index in [2.05, 4.69) is 25.7 Å². The highest BCUT2D eigenvalue weighted by Gasteiger charge is 2.46. The van der Waals surface area contributed by atoms with Gasteiger partial charge in [0.25, 0.3) is 5.91 Å². The third kappa shape index (κ3) is 8.84. The minimum Gasteiger partial charge on any atom is -0.344 e. The van der Waals surface area contributed by atoms with E-state index in [9.17, 15) is 27.6 Å². The Balaban J connectivity index is 1.30. The van der Waals surface area contributed by atoms with Crippen molar-refractivity contribution >= 4 is 33.7 Å². The summed E-state index contributed by atoms with van der Waals surface area (Å²) in [5, 5.41) is 13.9. The number of hydrogen-bond donors (Lipinski definition) is 3. The molecule has 14 heteroatoms. The first kappa shape index (κ1) is 36.2. The SMILES string of the molecule is CC(C)C(=O)N[C@H](C(=O)N1C[C@@H](n2cc(-c3ccccc3)nn2)C[C@H]1C(=O)N[C@H](Cc1ccccc1)C(=O)NS(=O)(=O)C1CC1)C1CCCCC1. The first-order valence-electron chi connectivity index (χ1n) is 18.0. The Labute approximate surface area is 299 Å². The van der Waals surface area contributed by atoms with Gasteiger partial charge in [-0.15, -0.1) is 5.10 Å². The minimum absolute atomic E-state index is 0.0430. The highest BCUT2D eigenvalue weighted by molar-refractivity contribution is 7.90. The van der Waals surface area contributed by atoms with Crippen LogP contribution >= 0.6 is 0 Å². The van der Waals surface area contributed by atoms with Gasteiger partial charge in [-0.1, -0.05) is 99.0 Å². The number of nitrogens with one attached hydrogen (secondary N) is 3. The summed E-state index contributed by atoms with van der Waals surface area (Å²) in [4.78, 5) is 57.0. The highest BCUT2D eigenvalue weighted by Crippen LogP contribution is 2.33. The molecule has 1 aromatic heterocycles. The Morgan fingerprint density at radius 2 is 1.53 bits per heavy atom. The summed E-state index contributed by atoms with van der Waals surface area (Å²) in [6, 6.07) is 15.1. The third-order valence-electron chi connectivity index (χ3n) is 10.1. The Hall–Kier alpha value is -4.59. The topological polar surface area (TPSA) is 172 Å². The van der Waals surface area contributed by atoms with E-state index in [1.807, 2.05) is 36.4 Å². The fraction of sp³-hybridized carbons (Fsp3) is 0.514. The van der Waals surface area contributed by atoms with Crippen molar-refractivity contribution in [3.05, 3.63) is 72.4 Å². The first-order valence-corrected chi connectivity index (χ1v) is 19.5. The molecule has 3 N–H and O–H groups in total. The van der Waals surface area contributed by atoms with Crippen molar-refractivity contribution in [2.75, 3.05) is 6.54 Å². The molecular formula is C37H47N7O6S. The third-order valence-corrected chi connectivity index (χ3v) is 12.0. The Kier molecular flexibility index (Phi) is 11.2. The zero-order chi connectivity index (χ0) is 36.1. The van der Waals surface area contributed by atoms with E-state index < -0.39 is 51.3 Å². The van der Waals surface area contributed by atoms with Gasteiger partial charge in [-0.3, -0.25) is 23.9 Å². The molecule has 3 fully saturated rings. The molecule has 2 heterocycles. The van der Waals surface area contributed by atoms with Gasteiger partial charge in [0.2, 0.25) is 27.7 Å². The van der Waals surface area contributed by atoms with Gasteiger partial charge in [-0.25, -0.2) is 13.1 Å². The number of benzene rings is 2. The van der Waals surface area contributed by atoms with Crippen LogP contribution in [0, 0.1) is 11.8 Å². The van der Waals surface area contributed by atoms with Crippen LogP contribution < -0.4 is 15.4 Å². The molecule has 13 nitrogen and oxygen atoms in total. The van der Waals surface area contributed by atoms with Crippen molar-refractivity contribution in [3.8, 4) is 11.3 Å². The molecule has 2 aliphatic carbocycles. The molecule has 2 aromatic carbocycles. The lowest BCUT2D eigenvalue weighted by Gasteiger charge is -2.35. The first-order chi connectivity index (χ1) is 24.5. The van der Waals surface area contributed by atoms with Crippen molar-refractivity contribution in [1.29, 1.82) is 0 Å². The van der Waals surface area contributed by atoms with E-state index in [0.717, 1.165) is 43.2 Å². The zero-order valence-corrected chi connectivity index (χ0v) is 29.9. The summed E-state index contributed by atoms with van der Waals surface area (Å²) in [5.74, 6) is -2.45. The van der Waals surface area contributed by atoms with Gasteiger partial charge in [0.15, 0.2) is 0 Å². The van der Waals surface area contributed by atoms with E-state index in [1.165, 1.54) is 4.90 Å². The van der Waals surface area contributed by atoms with E-state index in [-0.39, 0.29) is 43.0 Å². The van der Waals surface area contributed by atoms with Crippen molar-refractivity contribution in [1.82, 2.24) is 35.2 Å². The predicted octanol–water partition coefficient (Wildman–Crippen LogP) is 3.14. The molecule has 4 amide bonds. The quantitative estimate of drug-likeness (QED) is 0.242. The number of carbonyl (C=O) groups is 4. The molecule has 2 saturated carbocycles. The lowest BCUT2D eigenvalue weighted by Crippen LogP contribution is -2.58. The summed E-state index contributed by atoms with van der Waals surface area (Å²) < 4.78 is 29.4. The molecule has 1 aliphatic heterocycles. The van der Waals surface area contributed by atoms with E-state index >= 15 is 0 Å². The molecule has 1 saturated heterocycles. The molecule has 0 bridgehead atoms. The number of rotatable bonds is 13. The Morgan fingerprint density at radius 3 is 2.18 bits per heavy atom. The number of amides is 4. The highest BCUT2D eigenvalue weighted by atomic mass is 32.2. The predicted molar refractivity (Wildman–Crippen MR) is 190 cm³/mol. The van der Waals surface area contributed by atoms with Gasteiger partial charge < -0.3 is 15.5 Å². The average molecular weight is 718 g/mol. The van der Waals surface area contributed by atoms with Crippen LogP contribution in [0.15, 0.2) is 66.9 Å². The number of sulfonamides is 1. The maximum atomic E-state index is 14.6. The summed E-state index contributed by atoms with van der Waals surface area (Å²) in [6.45, 7) is 3.67. The van der Waals surface area contributed by atoms with Crippen LogP contribution in [-0.2, 0) is 35.6 Å². The van der Waals surface area contributed by atoms with Gasteiger partial charge in [-0.2, -0.15) is 0 Å². The Bertz CT molecular complexity index is 1810. The fourth-order valence-corrected chi connectivity index (χ4v) is 8.39. The molecular weight excluding hydrogens is 671 g/mol. The number of carbonyl (C=O) groups excluding carboxylic acids is 4. The van der Waals surface area contributed by atoms with Crippen LogP contribution in [0.2, 0.25) is 0 Å². The smallest absolute Gasteiger partial charge is 0.256 e. The number of hydrogen-bond acceptors (Lipinski definition) is 8. The Morgan fingerprint density at radius 1 is 0.863 bits per heavy atom. The van der Waals surface area contributed by atoms with E-state index in [1.54, 1.807) is 49.0 Å². The zero-order valence-electron chi connectivity index (χ0n) is 29.1. The molecule has 0 unspecified atom stereocenters. The summed E-state index contributed by atoms with van der Waals surface area (Å²) in [5.41, 5.74) is 2.24. The molecule has 3 aliphatic rings. The van der Waals surface area contributed by atoms with Crippen LogP contribution in [0.3, 0.4) is 0 Å². The maximum absolute atomic E-state index is 14.6. The summed E-state index contributed by atoms with van der Waals surface area (Å²) in [6.07, 6.45) is 7.46. The van der Waals surface area contributed by atoms with Gasteiger partial charge in [0.1, 0.15) is 23.8 Å². The molecule has 4 atom stereocenters. The monoisotopic (exact) mass is 717 g/mol. The van der Waals surface area contributed by atoms with Gasteiger partial charge >= 0.3 is 0 Å². The lowest BCUT2D eigenvalue weighted by atomic mass is 9.83. The molecule has 0 radical (unpaired) electrons. The van der Waals surface area contributed by atoms with Crippen LogP contribution in [0.5, 0.6) is 0 Å². The summed E-state index contributed by atoms with van der Waals surface area (Å²) in [7, 11) is -3.88. The second-order valence-electron chi connectivity index (χ2n) is 14.3. The number of aromatic nitrogens is 3. The van der Waals surface area contributed by atoms with Crippen LogP contribution in [0.4, 0.5) is 0 Å². The fourth-order valence-electron chi connectivity index (χ4n) is 7.04. The average Bonchev–Trinajstić information content (AvgIpc) is 3.73. The largest absolute Gasteiger partial charge is 0.344 e. The van der Waals surface area contributed by atoms with Crippen LogP contribution in [-0.4, -0.2) is 81.9 Å². The normalized spacial score (nSPS) is 20.8. The van der Waals surface area contributed by atoms with Gasteiger partial charge in [-0.05, 0) is 37.2 Å². The number of nitrogens with zero attached hydrogens (tertiary/aromatic N) is 4. The van der Waals surface area contributed by atoms with E-state index in [4.69, 9.17) is 0 Å².